The van der Waals surface area contributed by atoms with Gasteiger partial charge in [-0.25, -0.2) is 5.26 Å². The number of thiocyanates is 1. The van der Waals surface area contributed by atoms with Crippen molar-refractivity contribution in [3.05, 3.63) is 73.0 Å². The molecular formula is C20H18F3NSTi. The van der Waals surface area contributed by atoms with Crippen molar-refractivity contribution in [1.29, 1.82) is 5.26 Å². The maximum Gasteiger partial charge on any atom is -0.0797 e. The summed E-state index contributed by atoms with van der Waals surface area (Å²) in [4.78, 5) is 0. The second-order valence-electron chi connectivity index (χ2n) is 6.05. The van der Waals surface area contributed by atoms with E-state index in [1.54, 1.807) is 12.1 Å². The van der Waals surface area contributed by atoms with Crippen molar-refractivity contribution < 1.29 is 31.0 Å². The monoisotopic (exact) mass is 409 g/mol. The number of hydrogen-bond donors (Lipinski definition) is 0. The molecule has 0 bridgehead atoms. The molecule has 3 rings (SSSR count). The Hall–Kier alpha value is -1.61. The van der Waals surface area contributed by atoms with Crippen molar-refractivity contribution in [3.8, 4) is 5.40 Å². The Morgan fingerprint density at radius 1 is 1.00 bits per heavy atom. The summed E-state index contributed by atoms with van der Waals surface area (Å²) < 4.78 is 43.7. The van der Waals surface area contributed by atoms with Gasteiger partial charge >= 0.3 is 141 Å². The third-order valence-corrected chi connectivity index (χ3v) is 9.71. The fraction of sp³-hybridized carbons (Fsp3) is 0.250. The summed E-state index contributed by atoms with van der Waals surface area (Å²) in [5.41, 5.74) is 1.86. The van der Waals surface area contributed by atoms with Crippen LogP contribution in [0.3, 0.4) is 0 Å². The first-order valence-corrected chi connectivity index (χ1v) is 10.8. The van der Waals surface area contributed by atoms with Crippen LogP contribution in [0.5, 0.6) is 0 Å². The van der Waals surface area contributed by atoms with E-state index in [4.69, 9.17) is 5.26 Å². The Kier molecular flexibility index (Phi) is 7.05. The molecule has 0 amide bonds. The average Bonchev–Trinajstić information content (AvgIpc) is 3.18. The van der Waals surface area contributed by atoms with Crippen LogP contribution < -0.4 is 3.87 Å². The maximum absolute atomic E-state index is 13.5. The summed E-state index contributed by atoms with van der Waals surface area (Å²) >= 11 is 1.31. The van der Waals surface area contributed by atoms with Gasteiger partial charge in [0.05, 0.1) is 0 Å². The van der Waals surface area contributed by atoms with Gasteiger partial charge in [0.1, 0.15) is 0 Å². The third-order valence-electron chi connectivity index (χ3n) is 4.44. The first kappa shape index (κ1) is 20.7. The third kappa shape index (κ3) is 4.56. The topological polar surface area (TPSA) is 23.8 Å². The van der Waals surface area contributed by atoms with Gasteiger partial charge in [-0.2, -0.15) is 0 Å². The minimum Gasteiger partial charge on any atom is -0.696 e. The standard InChI is InChI=1S/C7H4F3.2C6H7.CHNS.Ti/c8-7(9,10)6-4-2-1-3-5-6;2*1-6-4-2-3-5-6;2-1-3;/h1-4H;2*2,4H,3H2,1H3;3H;/q;;;;+1/p-1. The number of nitriles is 1. The molecule has 2 aliphatic carbocycles. The Morgan fingerprint density at radius 3 is 1.85 bits per heavy atom. The summed E-state index contributed by atoms with van der Waals surface area (Å²) in [7, 11) is 0. The molecule has 0 N–H and O–H groups in total. The fourth-order valence-corrected chi connectivity index (χ4v) is 8.55. The van der Waals surface area contributed by atoms with E-state index in [0.29, 0.717) is 3.87 Å². The van der Waals surface area contributed by atoms with Gasteiger partial charge in [0.25, 0.3) is 0 Å². The van der Waals surface area contributed by atoms with Gasteiger partial charge in [-0.15, -0.1) is 0 Å². The molecule has 1 nitrogen and oxygen atoms in total. The zero-order valence-corrected chi connectivity index (χ0v) is 16.9. The number of alkyl halides is 3. The van der Waals surface area contributed by atoms with E-state index in [9.17, 15) is 13.2 Å². The van der Waals surface area contributed by atoms with Crippen molar-refractivity contribution in [2.75, 3.05) is 0 Å². The molecule has 0 atom stereocenters. The number of hydrogen-bond acceptors (Lipinski definition) is 2. The van der Waals surface area contributed by atoms with E-state index in [0.717, 1.165) is 24.0 Å². The summed E-state index contributed by atoms with van der Waals surface area (Å²) in [5, 5.41) is 8.47. The summed E-state index contributed by atoms with van der Waals surface area (Å²) in [6.45, 7) is 4.06. The minimum atomic E-state index is -4.30. The Labute approximate surface area is 163 Å². The zero-order chi connectivity index (χ0) is 19.3. The molecular weight excluding hydrogens is 391 g/mol. The number of nitrogens with zero attached hydrogens (tertiary/aromatic N) is 1. The molecule has 0 aromatic heterocycles. The van der Waals surface area contributed by atoms with Crippen molar-refractivity contribution in [1.82, 2.24) is 0 Å². The second kappa shape index (κ2) is 8.86. The zero-order valence-electron chi connectivity index (χ0n) is 14.5. The molecule has 26 heavy (non-hydrogen) atoms. The number of rotatable bonds is 3. The van der Waals surface area contributed by atoms with Gasteiger partial charge in [0.15, 0.2) is 0 Å². The van der Waals surface area contributed by atoms with Crippen LogP contribution in [0.25, 0.3) is 0 Å². The molecule has 134 valence electrons. The molecule has 0 unspecified atom stereocenters. The van der Waals surface area contributed by atoms with Gasteiger partial charge in [0.2, 0.25) is 0 Å². The molecule has 0 spiro atoms. The van der Waals surface area contributed by atoms with Gasteiger partial charge in [-0.05, 0) is 0 Å². The van der Waals surface area contributed by atoms with Crippen LogP contribution in [0, 0.1) is 10.7 Å². The van der Waals surface area contributed by atoms with E-state index >= 15 is 0 Å². The molecule has 0 aliphatic heterocycles. The molecule has 0 saturated carbocycles. The average molecular weight is 409 g/mol. The van der Waals surface area contributed by atoms with Crippen molar-refractivity contribution in [2.24, 2.45) is 0 Å². The molecule has 6 heteroatoms. The molecule has 0 fully saturated rings. The van der Waals surface area contributed by atoms with Crippen molar-refractivity contribution >= 4 is 16.5 Å². The van der Waals surface area contributed by atoms with Gasteiger partial charge < -0.3 is 12.6 Å². The van der Waals surface area contributed by atoms with Crippen LogP contribution in [0.1, 0.15) is 32.3 Å². The van der Waals surface area contributed by atoms with E-state index in [-0.39, 0.29) is 0 Å². The van der Waals surface area contributed by atoms with Crippen LogP contribution in [0.15, 0.2) is 67.5 Å². The maximum atomic E-state index is 13.5. The van der Waals surface area contributed by atoms with Crippen molar-refractivity contribution in [2.45, 2.75) is 32.9 Å². The molecule has 2 aliphatic rings. The Bertz CT molecular complexity index is 805. The van der Waals surface area contributed by atoms with Gasteiger partial charge in [-0.3, -0.25) is 0 Å². The van der Waals surface area contributed by atoms with E-state index in [1.165, 1.54) is 25.3 Å². The van der Waals surface area contributed by atoms with Gasteiger partial charge in [0, 0.05) is 0 Å². The van der Waals surface area contributed by atoms with Gasteiger partial charge in [-0.1, -0.05) is 5.40 Å². The van der Waals surface area contributed by atoms with Crippen LogP contribution in [-0.4, -0.2) is 0 Å². The largest absolute Gasteiger partial charge is 0.696 e. The van der Waals surface area contributed by atoms with E-state index in [1.807, 2.05) is 13.8 Å². The van der Waals surface area contributed by atoms with Crippen LogP contribution in [0.4, 0.5) is 13.2 Å². The predicted octanol–water partition coefficient (Wildman–Crippen LogP) is 5.43. The van der Waals surface area contributed by atoms with E-state index < -0.39 is 29.6 Å². The van der Waals surface area contributed by atoms with Crippen LogP contribution in [-0.2, 0) is 36.7 Å². The molecule has 0 saturated heterocycles. The summed E-state index contributed by atoms with van der Waals surface area (Å²) in [6, 6.07) is 6.17. The van der Waals surface area contributed by atoms with Crippen LogP contribution >= 0.6 is 0 Å². The quantitative estimate of drug-likeness (QED) is 0.378. The Morgan fingerprint density at radius 2 is 1.46 bits per heavy atom. The fourth-order valence-electron chi connectivity index (χ4n) is 3.28. The van der Waals surface area contributed by atoms with E-state index in [2.05, 4.69) is 36.9 Å². The number of halogens is 3. The molecule has 0 radical (unpaired) electrons. The normalized spacial score (nSPS) is 15.8. The van der Waals surface area contributed by atoms with Crippen molar-refractivity contribution in [3.63, 3.8) is 0 Å². The Balaban J connectivity index is 0.000000758. The summed E-state index contributed by atoms with van der Waals surface area (Å²) in [5.74, 6) is 0. The van der Waals surface area contributed by atoms with Crippen LogP contribution in [0.2, 0.25) is 0 Å². The molecule has 1 aromatic rings. The first-order valence-electron chi connectivity index (χ1n) is 8.09. The molecule has 0 heterocycles. The number of allylic oxidation sites excluding steroid dienone is 8. The second-order valence-corrected chi connectivity index (χ2v) is 10.1. The SMILES string of the molecule is CC1=[C]([Ti+]([C]2=C(C)C=CC2)[c]2ccccc2C(F)(F)F)CC=C1.N#C[S-]. The predicted molar refractivity (Wildman–Crippen MR) is 97.0 cm³/mol. The first-order chi connectivity index (χ1) is 12.3. The number of benzene rings is 1. The molecule has 1 aromatic carbocycles. The smallest absolute Gasteiger partial charge is 0.0797 e. The minimum absolute atomic E-state index is 0.450. The summed E-state index contributed by atoms with van der Waals surface area (Å²) in [6.07, 6.45) is 5.55.